The lowest BCUT2D eigenvalue weighted by molar-refractivity contribution is -0.124. The first-order chi connectivity index (χ1) is 15.9. The fraction of sp³-hybridized carbons (Fsp3) is 0.423. The number of amides is 3. The van der Waals surface area contributed by atoms with Crippen molar-refractivity contribution in [2.75, 3.05) is 26.7 Å². The van der Waals surface area contributed by atoms with Gasteiger partial charge in [-0.25, -0.2) is 0 Å². The molecule has 0 unspecified atom stereocenters. The predicted octanol–water partition coefficient (Wildman–Crippen LogP) is 3.18. The standard InChI is InChI=1S/C26H33N3O4/c1-4-15-27-25(31)23(28-24(30)20-9-11-22(33-3)12-10-20)19-13-16-29(17-14-19)26(32)21-7-5-18(2)6-8-21/h5-12,19,23H,4,13-17H2,1-3H3,(H,27,31)(H,28,30)/t23-/m0/s1. The smallest absolute Gasteiger partial charge is 0.253 e. The second kappa shape index (κ2) is 11.5. The Balaban J connectivity index is 1.66. The zero-order chi connectivity index (χ0) is 23.8. The summed E-state index contributed by atoms with van der Waals surface area (Å²) in [4.78, 5) is 40.4. The number of ether oxygens (including phenoxy) is 1. The molecule has 1 aliphatic rings. The van der Waals surface area contributed by atoms with E-state index in [0.29, 0.717) is 49.4 Å². The van der Waals surface area contributed by atoms with Crippen LogP contribution in [0, 0.1) is 12.8 Å². The molecule has 7 heteroatoms. The average molecular weight is 452 g/mol. The van der Waals surface area contributed by atoms with Crippen molar-refractivity contribution in [3.8, 4) is 5.75 Å². The molecule has 1 heterocycles. The second-order valence-electron chi connectivity index (χ2n) is 8.47. The quantitative estimate of drug-likeness (QED) is 0.645. The molecule has 1 fully saturated rings. The fourth-order valence-electron chi connectivity index (χ4n) is 4.04. The van der Waals surface area contributed by atoms with Crippen LogP contribution in [0.1, 0.15) is 52.5 Å². The number of hydrogen-bond acceptors (Lipinski definition) is 4. The average Bonchev–Trinajstić information content (AvgIpc) is 2.86. The molecule has 0 spiro atoms. The van der Waals surface area contributed by atoms with Crippen molar-refractivity contribution in [3.63, 3.8) is 0 Å². The minimum atomic E-state index is -0.650. The maximum Gasteiger partial charge on any atom is 0.253 e. The van der Waals surface area contributed by atoms with E-state index in [-0.39, 0.29) is 23.6 Å². The van der Waals surface area contributed by atoms with Gasteiger partial charge in [0.2, 0.25) is 5.91 Å². The van der Waals surface area contributed by atoms with Gasteiger partial charge in [0.05, 0.1) is 7.11 Å². The van der Waals surface area contributed by atoms with Gasteiger partial charge in [-0.1, -0.05) is 24.6 Å². The van der Waals surface area contributed by atoms with Gasteiger partial charge < -0.3 is 20.3 Å². The summed E-state index contributed by atoms with van der Waals surface area (Å²) in [7, 11) is 1.57. The van der Waals surface area contributed by atoms with Gasteiger partial charge in [0, 0.05) is 30.8 Å². The van der Waals surface area contributed by atoms with E-state index in [1.165, 1.54) is 0 Å². The van der Waals surface area contributed by atoms with Crippen LogP contribution >= 0.6 is 0 Å². The number of piperidine rings is 1. The van der Waals surface area contributed by atoms with E-state index in [0.717, 1.165) is 12.0 Å². The van der Waals surface area contributed by atoms with Crippen LogP contribution in [-0.2, 0) is 4.79 Å². The molecule has 3 amide bonds. The van der Waals surface area contributed by atoms with E-state index >= 15 is 0 Å². The third-order valence-electron chi connectivity index (χ3n) is 6.07. The SMILES string of the molecule is CCCNC(=O)[C@@H](NC(=O)c1ccc(OC)cc1)C1CCN(C(=O)c2ccc(C)cc2)CC1. The van der Waals surface area contributed by atoms with E-state index in [9.17, 15) is 14.4 Å². The number of benzene rings is 2. The number of carbonyl (C=O) groups excluding carboxylic acids is 3. The topological polar surface area (TPSA) is 87.7 Å². The van der Waals surface area contributed by atoms with E-state index < -0.39 is 6.04 Å². The summed E-state index contributed by atoms with van der Waals surface area (Å²) in [5, 5.41) is 5.85. The molecule has 7 nitrogen and oxygen atoms in total. The van der Waals surface area contributed by atoms with Crippen molar-refractivity contribution in [1.29, 1.82) is 0 Å². The first-order valence-corrected chi connectivity index (χ1v) is 11.5. The maximum absolute atomic E-state index is 12.9. The summed E-state index contributed by atoms with van der Waals surface area (Å²) in [5.41, 5.74) is 2.25. The zero-order valence-electron chi connectivity index (χ0n) is 19.6. The lowest BCUT2D eigenvalue weighted by atomic mass is 9.88. The lowest BCUT2D eigenvalue weighted by Gasteiger charge is -2.36. The molecule has 2 N–H and O–H groups in total. The van der Waals surface area contributed by atoms with Crippen LogP contribution in [0.5, 0.6) is 5.75 Å². The van der Waals surface area contributed by atoms with Gasteiger partial charge in [-0.05, 0) is 68.5 Å². The largest absolute Gasteiger partial charge is 0.497 e. The molecule has 33 heavy (non-hydrogen) atoms. The molecule has 2 aromatic carbocycles. The Labute approximate surface area is 195 Å². The highest BCUT2D eigenvalue weighted by atomic mass is 16.5. The summed E-state index contributed by atoms with van der Waals surface area (Å²) < 4.78 is 5.15. The molecule has 0 aliphatic carbocycles. The number of aryl methyl sites for hydroxylation is 1. The van der Waals surface area contributed by atoms with Crippen LogP contribution in [0.4, 0.5) is 0 Å². The summed E-state index contributed by atoms with van der Waals surface area (Å²) in [5.74, 6) is 0.137. The van der Waals surface area contributed by atoms with Gasteiger partial charge in [-0.2, -0.15) is 0 Å². The Morgan fingerprint density at radius 1 is 1.00 bits per heavy atom. The van der Waals surface area contributed by atoms with Crippen LogP contribution < -0.4 is 15.4 Å². The van der Waals surface area contributed by atoms with Crippen molar-refractivity contribution < 1.29 is 19.1 Å². The molecule has 2 aromatic rings. The number of methoxy groups -OCH3 is 1. The van der Waals surface area contributed by atoms with Crippen molar-refractivity contribution in [2.24, 2.45) is 5.92 Å². The predicted molar refractivity (Wildman–Crippen MR) is 127 cm³/mol. The molecule has 0 aromatic heterocycles. The van der Waals surface area contributed by atoms with E-state index in [4.69, 9.17) is 4.74 Å². The van der Waals surface area contributed by atoms with E-state index in [1.807, 2.05) is 43.0 Å². The van der Waals surface area contributed by atoms with E-state index in [1.54, 1.807) is 31.4 Å². The molecule has 0 bridgehead atoms. The third-order valence-corrected chi connectivity index (χ3v) is 6.07. The summed E-state index contributed by atoms with van der Waals surface area (Å²) >= 11 is 0. The molecule has 176 valence electrons. The van der Waals surface area contributed by atoms with Crippen molar-refractivity contribution in [3.05, 3.63) is 65.2 Å². The molecule has 3 rings (SSSR count). The van der Waals surface area contributed by atoms with Gasteiger partial charge in [0.15, 0.2) is 0 Å². The summed E-state index contributed by atoms with van der Waals surface area (Å²) in [6, 6.07) is 13.7. The first kappa shape index (κ1) is 24.3. The lowest BCUT2D eigenvalue weighted by Crippen LogP contribution is -2.54. The van der Waals surface area contributed by atoms with Gasteiger partial charge in [-0.3, -0.25) is 14.4 Å². The highest BCUT2D eigenvalue weighted by Crippen LogP contribution is 2.23. The van der Waals surface area contributed by atoms with Gasteiger partial charge >= 0.3 is 0 Å². The fourth-order valence-corrected chi connectivity index (χ4v) is 4.04. The second-order valence-corrected chi connectivity index (χ2v) is 8.47. The highest BCUT2D eigenvalue weighted by Gasteiger charge is 2.34. The number of nitrogens with one attached hydrogen (secondary N) is 2. The van der Waals surface area contributed by atoms with Crippen LogP contribution in [0.3, 0.4) is 0 Å². The molecule has 0 saturated carbocycles. The molecule has 0 radical (unpaired) electrons. The van der Waals surface area contributed by atoms with E-state index in [2.05, 4.69) is 10.6 Å². The summed E-state index contributed by atoms with van der Waals surface area (Å²) in [6.45, 7) is 5.63. The molecule has 1 aliphatic heterocycles. The monoisotopic (exact) mass is 451 g/mol. The van der Waals surface area contributed by atoms with Crippen LogP contribution in [-0.4, -0.2) is 55.4 Å². The van der Waals surface area contributed by atoms with Crippen molar-refractivity contribution in [2.45, 2.75) is 39.2 Å². The number of rotatable bonds is 8. The molecular formula is C26H33N3O4. The van der Waals surface area contributed by atoms with Gasteiger partial charge in [0.1, 0.15) is 11.8 Å². The highest BCUT2D eigenvalue weighted by molar-refractivity contribution is 5.98. The Kier molecular flexibility index (Phi) is 8.46. The van der Waals surface area contributed by atoms with Crippen LogP contribution in [0.15, 0.2) is 48.5 Å². The number of carbonyl (C=O) groups is 3. The minimum absolute atomic E-state index is 0.00250. The number of likely N-dealkylation sites (tertiary alicyclic amines) is 1. The number of hydrogen-bond donors (Lipinski definition) is 2. The summed E-state index contributed by atoms with van der Waals surface area (Å²) in [6.07, 6.45) is 2.10. The molecular weight excluding hydrogens is 418 g/mol. The third kappa shape index (κ3) is 6.34. The Bertz CT molecular complexity index is 949. The van der Waals surface area contributed by atoms with Gasteiger partial charge in [0.25, 0.3) is 11.8 Å². The van der Waals surface area contributed by atoms with Crippen LogP contribution in [0.25, 0.3) is 0 Å². The van der Waals surface area contributed by atoms with Crippen molar-refractivity contribution in [1.82, 2.24) is 15.5 Å². The minimum Gasteiger partial charge on any atom is -0.497 e. The Hall–Kier alpha value is -3.35. The normalized spacial score (nSPS) is 14.9. The van der Waals surface area contributed by atoms with Crippen LogP contribution in [0.2, 0.25) is 0 Å². The number of nitrogens with zero attached hydrogens (tertiary/aromatic N) is 1. The zero-order valence-corrected chi connectivity index (χ0v) is 19.6. The van der Waals surface area contributed by atoms with Gasteiger partial charge in [-0.15, -0.1) is 0 Å². The Morgan fingerprint density at radius 2 is 1.61 bits per heavy atom. The first-order valence-electron chi connectivity index (χ1n) is 11.5. The van der Waals surface area contributed by atoms with Crippen molar-refractivity contribution >= 4 is 17.7 Å². The Morgan fingerprint density at radius 3 is 2.18 bits per heavy atom. The molecule has 1 saturated heterocycles. The molecule has 1 atom stereocenters. The maximum atomic E-state index is 12.9.